The van der Waals surface area contributed by atoms with Gasteiger partial charge in [-0.15, -0.1) is 5.10 Å². The van der Waals surface area contributed by atoms with Crippen molar-refractivity contribution in [3.05, 3.63) is 89.7 Å². The predicted octanol–water partition coefficient (Wildman–Crippen LogP) is 2.93. The Labute approximate surface area is 171 Å². The Morgan fingerprint density at radius 3 is 2.50 bits per heavy atom. The van der Waals surface area contributed by atoms with Gasteiger partial charge in [0, 0.05) is 29.9 Å². The first-order valence-electron chi connectivity index (χ1n) is 9.39. The summed E-state index contributed by atoms with van der Waals surface area (Å²) >= 11 is 0. The normalized spacial score (nSPS) is 15.8. The van der Waals surface area contributed by atoms with Gasteiger partial charge in [-0.2, -0.15) is 0 Å². The minimum absolute atomic E-state index is 0.0814. The van der Waals surface area contributed by atoms with E-state index in [9.17, 15) is 4.79 Å². The number of anilines is 1. The van der Waals surface area contributed by atoms with Crippen molar-refractivity contribution < 1.29 is 9.21 Å². The Bertz CT molecular complexity index is 1220. The van der Waals surface area contributed by atoms with Gasteiger partial charge in [0.15, 0.2) is 11.9 Å². The highest BCUT2D eigenvalue weighted by molar-refractivity contribution is 6.16. The number of nitrogens with zero attached hydrogens (tertiary/aromatic N) is 5. The van der Waals surface area contributed by atoms with Gasteiger partial charge in [-0.25, -0.2) is 9.97 Å². The zero-order valence-corrected chi connectivity index (χ0v) is 15.8. The molecule has 1 atom stereocenters. The number of ketones is 1. The molecule has 0 saturated carbocycles. The molecule has 0 saturated heterocycles. The van der Waals surface area contributed by atoms with Crippen LogP contribution in [0.15, 0.2) is 82.5 Å². The second kappa shape index (κ2) is 7.67. The van der Waals surface area contributed by atoms with Crippen LogP contribution in [0.4, 0.5) is 6.01 Å². The SMILES string of the molecule is O=C1Cc2ccccc2C(c2ccccc2)=N[C@@H]1Nc1nnc(-c2ncccn2)o1. The quantitative estimate of drug-likeness (QED) is 0.565. The maximum atomic E-state index is 13.0. The second-order valence-corrected chi connectivity index (χ2v) is 6.68. The molecule has 0 fully saturated rings. The molecule has 5 rings (SSSR count). The van der Waals surface area contributed by atoms with Crippen molar-refractivity contribution in [2.24, 2.45) is 4.99 Å². The van der Waals surface area contributed by atoms with E-state index in [0.29, 0.717) is 5.82 Å². The zero-order chi connectivity index (χ0) is 20.3. The van der Waals surface area contributed by atoms with Gasteiger partial charge in [0.1, 0.15) is 0 Å². The molecule has 4 aromatic rings. The largest absolute Gasteiger partial charge is 0.400 e. The lowest BCUT2D eigenvalue weighted by Gasteiger charge is -2.11. The summed E-state index contributed by atoms with van der Waals surface area (Å²) in [6.07, 6.45) is 2.55. The maximum absolute atomic E-state index is 13.0. The summed E-state index contributed by atoms with van der Waals surface area (Å²) in [5.74, 6) is 0.380. The summed E-state index contributed by atoms with van der Waals surface area (Å²) < 4.78 is 5.60. The molecule has 146 valence electrons. The highest BCUT2D eigenvalue weighted by atomic mass is 16.4. The van der Waals surface area contributed by atoms with E-state index in [1.54, 1.807) is 18.5 Å². The first kappa shape index (κ1) is 17.9. The monoisotopic (exact) mass is 396 g/mol. The third kappa shape index (κ3) is 3.46. The van der Waals surface area contributed by atoms with Gasteiger partial charge in [-0.1, -0.05) is 59.7 Å². The number of nitrogens with one attached hydrogen (secondary N) is 1. The molecule has 3 heterocycles. The fourth-order valence-electron chi connectivity index (χ4n) is 3.30. The van der Waals surface area contributed by atoms with Crippen molar-refractivity contribution >= 4 is 17.5 Å². The fourth-order valence-corrected chi connectivity index (χ4v) is 3.30. The van der Waals surface area contributed by atoms with Crippen LogP contribution in [-0.4, -0.2) is 37.8 Å². The smallest absolute Gasteiger partial charge is 0.317 e. The molecule has 0 spiro atoms. The molecule has 0 amide bonds. The Morgan fingerprint density at radius 2 is 1.67 bits per heavy atom. The van der Waals surface area contributed by atoms with Gasteiger partial charge in [0.25, 0.3) is 5.89 Å². The van der Waals surface area contributed by atoms with Crippen LogP contribution in [0.5, 0.6) is 0 Å². The van der Waals surface area contributed by atoms with E-state index in [0.717, 1.165) is 22.4 Å². The summed E-state index contributed by atoms with van der Waals surface area (Å²) in [5.41, 5.74) is 3.53. The van der Waals surface area contributed by atoms with Crippen molar-refractivity contribution in [1.82, 2.24) is 20.2 Å². The van der Waals surface area contributed by atoms with Gasteiger partial charge in [-0.05, 0) is 11.6 Å². The summed E-state index contributed by atoms with van der Waals surface area (Å²) in [7, 11) is 0. The molecule has 1 aliphatic rings. The number of fused-ring (bicyclic) bond motifs is 1. The molecular formula is C22H16N6O2. The van der Waals surface area contributed by atoms with Crippen LogP contribution in [0, 0.1) is 0 Å². The van der Waals surface area contributed by atoms with Crippen molar-refractivity contribution in [3.63, 3.8) is 0 Å². The molecule has 0 bridgehead atoms. The molecule has 8 heteroatoms. The van der Waals surface area contributed by atoms with Gasteiger partial charge < -0.3 is 9.73 Å². The fraction of sp³-hybridized carbons (Fsp3) is 0.0909. The van der Waals surface area contributed by atoms with E-state index < -0.39 is 6.17 Å². The van der Waals surface area contributed by atoms with Crippen LogP contribution in [0.3, 0.4) is 0 Å². The van der Waals surface area contributed by atoms with Gasteiger partial charge in [-0.3, -0.25) is 9.79 Å². The van der Waals surface area contributed by atoms with Crippen molar-refractivity contribution in [2.45, 2.75) is 12.6 Å². The Hall–Kier alpha value is -4.20. The van der Waals surface area contributed by atoms with Gasteiger partial charge in [0.05, 0.1) is 5.71 Å². The Kier molecular flexibility index (Phi) is 4.57. The number of carbonyl (C=O) groups is 1. The maximum Gasteiger partial charge on any atom is 0.317 e. The van der Waals surface area contributed by atoms with Crippen molar-refractivity contribution in [3.8, 4) is 11.7 Å². The van der Waals surface area contributed by atoms with E-state index in [2.05, 4.69) is 25.5 Å². The summed E-state index contributed by atoms with van der Waals surface area (Å²) in [4.78, 5) is 25.9. The lowest BCUT2D eigenvalue weighted by Crippen LogP contribution is -2.29. The zero-order valence-electron chi connectivity index (χ0n) is 15.8. The number of rotatable bonds is 4. The van der Waals surface area contributed by atoms with Crippen LogP contribution < -0.4 is 5.32 Å². The van der Waals surface area contributed by atoms with Crippen molar-refractivity contribution in [1.29, 1.82) is 0 Å². The predicted molar refractivity (Wildman–Crippen MR) is 110 cm³/mol. The Morgan fingerprint density at radius 1 is 0.900 bits per heavy atom. The lowest BCUT2D eigenvalue weighted by molar-refractivity contribution is -0.119. The van der Waals surface area contributed by atoms with Crippen LogP contribution in [0.2, 0.25) is 0 Å². The number of aliphatic imine (C=N–C) groups is 1. The van der Waals surface area contributed by atoms with Crippen LogP contribution >= 0.6 is 0 Å². The summed E-state index contributed by atoms with van der Waals surface area (Å²) in [5, 5.41) is 10.9. The highest BCUT2D eigenvalue weighted by Gasteiger charge is 2.27. The second-order valence-electron chi connectivity index (χ2n) is 6.68. The summed E-state index contributed by atoms with van der Waals surface area (Å²) in [6.45, 7) is 0. The minimum Gasteiger partial charge on any atom is -0.400 e. The summed E-state index contributed by atoms with van der Waals surface area (Å²) in [6, 6.07) is 19.4. The minimum atomic E-state index is -0.863. The molecule has 2 aromatic carbocycles. The molecule has 1 N–H and O–H groups in total. The van der Waals surface area contributed by atoms with E-state index in [1.807, 2.05) is 54.6 Å². The molecule has 0 radical (unpaired) electrons. The lowest BCUT2D eigenvalue weighted by atomic mass is 9.96. The van der Waals surface area contributed by atoms with E-state index in [-0.39, 0.29) is 24.1 Å². The third-order valence-electron chi connectivity index (χ3n) is 4.69. The average Bonchev–Trinajstić information content (AvgIpc) is 3.21. The number of hydrogen-bond acceptors (Lipinski definition) is 8. The van der Waals surface area contributed by atoms with Crippen LogP contribution in [0.25, 0.3) is 11.7 Å². The molecule has 0 aliphatic carbocycles. The molecule has 0 unspecified atom stereocenters. The third-order valence-corrected chi connectivity index (χ3v) is 4.69. The topological polar surface area (TPSA) is 106 Å². The average molecular weight is 396 g/mol. The molecule has 8 nitrogen and oxygen atoms in total. The van der Waals surface area contributed by atoms with E-state index in [1.165, 1.54) is 0 Å². The van der Waals surface area contributed by atoms with Crippen molar-refractivity contribution in [2.75, 3.05) is 5.32 Å². The standard InChI is InChI=1S/C22H16N6O2/c29-17-13-15-9-4-5-10-16(15)18(14-7-2-1-3-8-14)25-19(17)26-22-28-27-21(30-22)20-23-11-6-12-24-20/h1-12,19H,13H2,(H,26,28)/t19-/m1/s1. The van der Waals surface area contributed by atoms with Gasteiger partial charge in [0.2, 0.25) is 5.82 Å². The molecule has 2 aromatic heterocycles. The van der Waals surface area contributed by atoms with E-state index >= 15 is 0 Å². The number of carbonyl (C=O) groups excluding carboxylic acids is 1. The Balaban J connectivity index is 1.51. The number of hydrogen-bond donors (Lipinski definition) is 1. The molecule has 1 aliphatic heterocycles. The first-order valence-corrected chi connectivity index (χ1v) is 9.39. The van der Waals surface area contributed by atoms with Crippen LogP contribution in [-0.2, 0) is 11.2 Å². The highest BCUT2D eigenvalue weighted by Crippen LogP contribution is 2.23. The molecule has 30 heavy (non-hydrogen) atoms. The number of benzene rings is 2. The number of Topliss-reactive ketones (excluding diaryl/α,β-unsaturated/α-hetero) is 1. The van der Waals surface area contributed by atoms with E-state index in [4.69, 9.17) is 9.41 Å². The van der Waals surface area contributed by atoms with Gasteiger partial charge >= 0.3 is 6.01 Å². The van der Waals surface area contributed by atoms with Crippen LogP contribution in [0.1, 0.15) is 16.7 Å². The molecular weight excluding hydrogens is 380 g/mol. The first-order chi connectivity index (χ1) is 14.8. The number of aromatic nitrogens is 4.